The second kappa shape index (κ2) is 7.48. The van der Waals surface area contributed by atoms with Gasteiger partial charge < -0.3 is 5.32 Å². The number of thioether (sulfide) groups is 1. The Bertz CT molecular complexity index is 524. The number of benzene rings is 1. The normalized spacial score (nSPS) is 12.6. The molecule has 1 N–H and O–H groups in total. The topological polar surface area (TPSA) is 12.0 Å². The fourth-order valence-electron chi connectivity index (χ4n) is 2.08. The summed E-state index contributed by atoms with van der Waals surface area (Å²) in [5, 5.41) is 8.05. The number of hydrogen-bond acceptors (Lipinski definition) is 3. The van der Waals surface area contributed by atoms with E-state index in [0.29, 0.717) is 0 Å². The Labute approximate surface area is 131 Å². The van der Waals surface area contributed by atoms with Gasteiger partial charge in [-0.25, -0.2) is 0 Å². The zero-order valence-electron chi connectivity index (χ0n) is 11.2. The minimum atomic E-state index is 0.268. The molecule has 1 unspecified atom stereocenters. The van der Waals surface area contributed by atoms with Crippen LogP contribution in [0.4, 0.5) is 0 Å². The minimum Gasteiger partial charge on any atom is -0.306 e. The van der Waals surface area contributed by atoms with Gasteiger partial charge in [0.05, 0.1) is 6.04 Å². The average molecular weight is 356 g/mol. The van der Waals surface area contributed by atoms with Gasteiger partial charge in [0, 0.05) is 14.7 Å². The Balaban J connectivity index is 2.40. The fraction of sp³-hybridized carbons (Fsp3) is 0.333. The third-order valence-electron chi connectivity index (χ3n) is 3.00. The van der Waals surface area contributed by atoms with Gasteiger partial charge in [0.2, 0.25) is 0 Å². The molecule has 0 aliphatic carbocycles. The van der Waals surface area contributed by atoms with Gasteiger partial charge in [-0.2, -0.15) is 11.3 Å². The van der Waals surface area contributed by atoms with Gasteiger partial charge in [0.25, 0.3) is 0 Å². The number of thiophene rings is 1. The maximum absolute atomic E-state index is 3.67. The van der Waals surface area contributed by atoms with Crippen LogP contribution in [0, 0.1) is 0 Å². The minimum absolute atomic E-state index is 0.268. The van der Waals surface area contributed by atoms with E-state index in [1.54, 1.807) is 11.3 Å². The van der Waals surface area contributed by atoms with Gasteiger partial charge in [0.1, 0.15) is 0 Å². The van der Waals surface area contributed by atoms with Crippen molar-refractivity contribution in [3.05, 3.63) is 50.6 Å². The first-order chi connectivity index (χ1) is 9.27. The molecule has 2 rings (SSSR count). The van der Waals surface area contributed by atoms with Crippen LogP contribution in [0.25, 0.3) is 0 Å². The molecule has 0 radical (unpaired) electrons. The average Bonchev–Trinajstić information content (AvgIpc) is 2.86. The second-order valence-electron chi connectivity index (χ2n) is 4.30. The molecular formula is C15H18BrNS2. The molecule has 0 spiro atoms. The van der Waals surface area contributed by atoms with Crippen LogP contribution in [0.1, 0.15) is 30.5 Å². The van der Waals surface area contributed by atoms with Crippen molar-refractivity contribution in [3.63, 3.8) is 0 Å². The Morgan fingerprint density at radius 2 is 2.05 bits per heavy atom. The molecule has 1 aromatic heterocycles. The first-order valence-electron chi connectivity index (χ1n) is 6.35. The predicted octanol–water partition coefficient (Wildman–Crippen LogP) is 5.32. The molecule has 2 aromatic rings. The highest BCUT2D eigenvalue weighted by Gasteiger charge is 2.19. The summed E-state index contributed by atoms with van der Waals surface area (Å²) in [5.74, 6) is 0. The molecule has 0 aliphatic rings. The van der Waals surface area contributed by atoms with E-state index in [1.807, 2.05) is 11.8 Å². The lowest BCUT2D eigenvalue weighted by atomic mass is 10.0. The zero-order chi connectivity index (χ0) is 13.7. The summed E-state index contributed by atoms with van der Waals surface area (Å²) >= 11 is 7.22. The van der Waals surface area contributed by atoms with Gasteiger partial charge in [-0.1, -0.05) is 25.1 Å². The smallest absolute Gasteiger partial charge is 0.0607 e. The standard InChI is InChI=1S/C15H18BrNS2/c1-3-8-17-15(12-9-19-10-13(12)16)11-6-4-5-7-14(11)18-2/h4-7,9-10,15,17H,3,8H2,1-2H3. The molecule has 0 fully saturated rings. The Morgan fingerprint density at radius 1 is 1.26 bits per heavy atom. The van der Waals surface area contributed by atoms with Crippen molar-refractivity contribution in [3.8, 4) is 0 Å². The van der Waals surface area contributed by atoms with E-state index in [2.05, 4.69) is 69.5 Å². The van der Waals surface area contributed by atoms with E-state index in [9.17, 15) is 0 Å². The SMILES string of the molecule is CCCNC(c1cscc1Br)c1ccccc1SC. The Kier molecular flexibility index (Phi) is 5.95. The number of hydrogen-bond donors (Lipinski definition) is 1. The number of rotatable bonds is 6. The van der Waals surface area contributed by atoms with Crippen molar-refractivity contribution >= 4 is 39.0 Å². The molecule has 19 heavy (non-hydrogen) atoms. The highest BCUT2D eigenvalue weighted by Crippen LogP contribution is 2.35. The maximum Gasteiger partial charge on any atom is 0.0607 e. The monoisotopic (exact) mass is 355 g/mol. The van der Waals surface area contributed by atoms with E-state index in [4.69, 9.17) is 0 Å². The summed E-state index contributed by atoms with van der Waals surface area (Å²) in [6.45, 7) is 3.23. The van der Waals surface area contributed by atoms with E-state index >= 15 is 0 Å². The molecule has 0 amide bonds. The first kappa shape index (κ1) is 15.1. The summed E-state index contributed by atoms with van der Waals surface area (Å²) < 4.78 is 1.20. The van der Waals surface area contributed by atoms with Crippen molar-refractivity contribution in [2.24, 2.45) is 0 Å². The summed E-state index contributed by atoms with van der Waals surface area (Å²) in [7, 11) is 0. The summed E-state index contributed by atoms with van der Waals surface area (Å²) in [4.78, 5) is 1.34. The second-order valence-corrected chi connectivity index (χ2v) is 6.75. The number of halogens is 1. The van der Waals surface area contributed by atoms with Crippen LogP contribution in [0.5, 0.6) is 0 Å². The van der Waals surface area contributed by atoms with Crippen molar-refractivity contribution in [1.29, 1.82) is 0 Å². The van der Waals surface area contributed by atoms with Crippen molar-refractivity contribution < 1.29 is 0 Å². The molecule has 102 valence electrons. The lowest BCUT2D eigenvalue weighted by Gasteiger charge is -2.21. The highest BCUT2D eigenvalue weighted by atomic mass is 79.9. The quantitative estimate of drug-likeness (QED) is 0.703. The van der Waals surface area contributed by atoms with Crippen LogP contribution in [0.2, 0.25) is 0 Å². The number of nitrogens with one attached hydrogen (secondary N) is 1. The summed E-state index contributed by atoms with van der Waals surface area (Å²) in [6.07, 6.45) is 3.28. The van der Waals surface area contributed by atoms with Crippen molar-refractivity contribution in [2.75, 3.05) is 12.8 Å². The van der Waals surface area contributed by atoms with Gasteiger partial charge >= 0.3 is 0 Å². The summed E-state index contributed by atoms with van der Waals surface area (Å²) in [6, 6.07) is 8.92. The van der Waals surface area contributed by atoms with E-state index in [-0.39, 0.29) is 6.04 Å². The lowest BCUT2D eigenvalue weighted by Crippen LogP contribution is -2.23. The van der Waals surface area contributed by atoms with Gasteiger partial charge in [-0.15, -0.1) is 11.8 Å². The molecule has 4 heteroatoms. The van der Waals surface area contributed by atoms with Crippen LogP contribution in [0.3, 0.4) is 0 Å². The Hall–Kier alpha value is -0.290. The highest BCUT2D eigenvalue weighted by molar-refractivity contribution is 9.10. The largest absolute Gasteiger partial charge is 0.306 e. The van der Waals surface area contributed by atoms with Crippen molar-refractivity contribution in [2.45, 2.75) is 24.3 Å². The van der Waals surface area contributed by atoms with Gasteiger partial charge in [-0.05, 0) is 57.7 Å². The molecule has 0 saturated heterocycles. The predicted molar refractivity (Wildman–Crippen MR) is 90.4 cm³/mol. The van der Waals surface area contributed by atoms with Crippen LogP contribution in [-0.4, -0.2) is 12.8 Å². The van der Waals surface area contributed by atoms with E-state index in [0.717, 1.165) is 13.0 Å². The molecule has 0 saturated carbocycles. The van der Waals surface area contributed by atoms with Crippen molar-refractivity contribution in [1.82, 2.24) is 5.32 Å². The first-order valence-corrected chi connectivity index (χ1v) is 9.31. The molecular weight excluding hydrogens is 338 g/mol. The summed E-state index contributed by atoms with van der Waals surface area (Å²) in [5.41, 5.74) is 2.70. The van der Waals surface area contributed by atoms with Gasteiger partial charge in [0.15, 0.2) is 0 Å². The van der Waals surface area contributed by atoms with Crippen LogP contribution in [0.15, 0.2) is 44.4 Å². The van der Waals surface area contributed by atoms with Gasteiger partial charge in [-0.3, -0.25) is 0 Å². The third-order valence-corrected chi connectivity index (χ3v) is 5.56. The molecule has 1 nitrogen and oxygen atoms in total. The lowest BCUT2D eigenvalue weighted by molar-refractivity contribution is 0.591. The zero-order valence-corrected chi connectivity index (χ0v) is 14.4. The van der Waals surface area contributed by atoms with Crippen LogP contribution < -0.4 is 5.32 Å². The van der Waals surface area contributed by atoms with E-state index < -0.39 is 0 Å². The van der Waals surface area contributed by atoms with Crippen LogP contribution >= 0.6 is 39.0 Å². The maximum atomic E-state index is 3.67. The molecule has 0 bridgehead atoms. The fourth-order valence-corrected chi connectivity index (χ4v) is 4.27. The third kappa shape index (κ3) is 3.63. The molecule has 1 aromatic carbocycles. The Morgan fingerprint density at radius 3 is 2.68 bits per heavy atom. The molecule has 0 aliphatic heterocycles. The molecule has 1 atom stereocenters. The van der Waals surface area contributed by atoms with Crippen LogP contribution in [-0.2, 0) is 0 Å². The van der Waals surface area contributed by atoms with E-state index in [1.165, 1.54) is 20.5 Å². The molecule has 1 heterocycles.